The van der Waals surface area contributed by atoms with Gasteiger partial charge in [-0.1, -0.05) is 18.7 Å². The van der Waals surface area contributed by atoms with Crippen LogP contribution in [0.5, 0.6) is 5.75 Å². The Balaban J connectivity index is 2.14. The van der Waals surface area contributed by atoms with Crippen LogP contribution in [0.2, 0.25) is 0 Å². The van der Waals surface area contributed by atoms with E-state index in [2.05, 4.69) is 6.58 Å². The summed E-state index contributed by atoms with van der Waals surface area (Å²) < 4.78 is 14.8. The van der Waals surface area contributed by atoms with Crippen LogP contribution in [0.25, 0.3) is 0 Å². The van der Waals surface area contributed by atoms with E-state index in [9.17, 15) is 14.4 Å². The summed E-state index contributed by atoms with van der Waals surface area (Å²) in [7, 11) is 0. The molecule has 0 amide bonds. The van der Waals surface area contributed by atoms with E-state index in [0.29, 0.717) is 6.42 Å². The number of hydrogen-bond acceptors (Lipinski definition) is 7. The number of phenolic OH excluding ortho intramolecular Hbond substituents is 1. The third kappa shape index (κ3) is 9.14. The van der Waals surface area contributed by atoms with Gasteiger partial charge in [-0.25, -0.2) is 4.79 Å². The molecule has 1 atom stereocenters. The van der Waals surface area contributed by atoms with Gasteiger partial charge in [-0.15, -0.1) is 0 Å². The van der Waals surface area contributed by atoms with Gasteiger partial charge in [0.1, 0.15) is 18.5 Å². The highest BCUT2D eigenvalue weighted by Gasteiger charge is 2.12. The minimum absolute atomic E-state index is 0.0881. The second-order valence-corrected chi connectivity index (χ2v) is 5.27. The van der Waals surface area contributed by atoms with Gasteiger partial charge in [0.2, 0.25) is 0 Å². The summed E-state index contributed by atoms with van der Waals surface area (Å²) in [6.07, 6.45) is 0.747. The Morgan fingerprint density at radius 3 is 2.32 bits per heavy atom. The Labute approximate surface area is 146 Å². The van der Waals surface area contributed by atoms with Crippen LogP contribution in [-0.2, 0) is 35.0 Å². The van der Waals surface area contributed by atoms with Gasteiger partial charge in [-0.2, -0.15) is 0 Å². The fourth-order valence-electron chi connectivity index (χ4n) is 1.78. The summed E-state index contributed by atoms with van der Waals surface area (Å²) in [5.41, 5.74) is 0.924. The smallest absolute Gasteiger partial charge is 0.330 e. The van der Waals surface area contributed by atoms with Crippen molar-refractivity contribution in [2.75, 3.05) is 13.2 Å². The van der Waals surface area contributed by atoms with E-state index < -0.39 is 24.0 Å². The van der Waals surface area contributed by atoms with Crippen LogP contribution in [0.4, 0.5) is 0 Å². The number of esters is 3. The number of carbonyl (C=O) groups excluding carboxylic acids is 3. The second-order valence-electron chi connectivity index (χ2n) is 5.27. The summed E-state index contributed by atoms with van der Waals surface area (Å²) in [6.45, 7) is 4.93. The Morgan fingerprint density at radius 1 is 1.12 bits per heavy atom. The van der Waals surface area contributed by atoms with Crippen molar-refractivity contribution in [2.24, 2.45) is 0 Å². The molecule has 0 aliphatic heterocycles. The second kappa shape index (κ2) is 10.9. The maximum atomic E-state index is 11.6. The zero-order chi connectivity index (χ0) is 18.7. The van der Waals surface area contributed by atoms with Gasteiger partial charge in [-0.3, -0.25) is 9.59 Å². The fourth-order valence-corrected chi connectivity index (χ4v) is 1.78. The van der Waals surface area contributed by atoms with Gasteiger partial charge in [0.25, 0.3) is 0 Å². The van der Waals surface area contributed by atoms with E-state index in [1.165, 1.54) is 0 Å². The van der Waals surface area contributed by atoms with Crippen molar-refractivity contribution >= 4 is 17.9 Å². The van der Waals surface area contributed by atoms with Gasteiger partial charge >= 0.3 is 17.9 Å². The highest BCUT2D eigenvalue weighted by molar-refractivity contribution is 5.81. The first-order valence-corrected chi connectivity index (χ1v) is 7.83. The number of hydrogen-bond donors (Lipinski definition) is 1. The SMILES string of the molecule is C=CC(=O)OC(C)COC(=O)CCC(=O)OCCc1ccc(O)cc1. The molecule has 1 aromatic rings. The average molecular weight is 350 g/mol. The van der Waals surface area contributed by atoms with Crippen molar-refractivity contribution in [1.29, 1.82) is 0 Å². The van der Waals surface area contributed by atoms with E-state index in [4.69, 9.17) is 19.3 Å². The van der Waals surface area contributed by atoms with Gasteiger partial charge in [0, 0.05) is 12.5 Å². The van der Waals surface area contributed by atoms with Gasteiger partial charge in [-0.05, 0) is 24.6 Å². The molecular formula is C18H22O7. The lowest BCUT2D eigenvalue weighted by Gasteiger charge is -2.12. The first-order valence-electron chi connectivity index (χ1n) is 7.83. The molecule has 1 aromatic carbocycles. The van der Waals surface area contributed by atoms with Crippen LogP contribution in [0.1, 0.15) is 25.3 Å². The van der Waals surface area contributed by atoms with E-state index in [1.54, 1.807) is 31.2 Å². The number of aromatic hydroxyl groups is 1. The average Bonchev–Trinajstić information content (AvgIpc) is 2.59. The maximum absolute atomic E-state index is 11.6. The molecule has 1 rings (SSSR count). The first kappa shape index (κ1) is 20.2. The van der Waals surface area contributed by atoms with Crippen molar-refractivity contribution in [2.45, 2.75) is 32.3 Å². The van der Waals surface area contributed by atoms with E-state index >= 15 is 0 Å². The Bertz CT molecular complexity index is 592. The van der Waals surface area contributed by atoms with Crippen LogP contribution in [0.15, 0.2) is 36.9 Å². The van der Waals surface area contributed by atoms with E-state index in [0.717, 1.165) is 11.6 Å². The van der Waals surface area contributed by atoms with Crippen molar-refractivity contribution in [3.63, 3.8) is 0 Å². The van der Waals surface area contributed by atoms with Crippen LogP contribution in [0, 0.1) is 0 Å². The summed E-state index contributed by atoms with van der Waals surface area (Å²) in [4.78, 5) is 34.0. The van der Waals surface area contributed by atoms with Crippen molar-refractivity contribution in [3.05, 3.63) is 42.5 Å². The highest BCUT2D eigenvalue weighted by atomic mass is 16.6. The molecule has 0 spiro atoms. The Morgan fingerprint density at radius 2 is 1.72 bits per heavy atom. The van der Waals surface area contributed by atoms with Crippen LogP contribution in [-0.4, -0.2) is 42.3 Å². The van der Waals surface area contributed by atoms with Crippen LogP contribution >= 0.6 is 0 Å². The minimum atomic E-state index is -0.597. The fraction of sp³-hybridized carbons (Fsp3) is 0.389. The highest BCUT2D eigenvalue weighted by Crippen LogP contribution is 2.10. The summed E-state index contributed by atoms with van der Waals surface area (Å²) in [6, 6.07) is 6.59. The Hall–Kier alpha value is -2.83. The molecule has 7 nitrogen and oxygen atoms in total. The molecule has 7 heteroatoms. The van der Waals surface area contributed by atoms with Gasteiger partial charge in [0.05, 0.1) is 19.4 Å². The monoisotopic (exact) mass is 350 g/mol. The minimum Gasteiger partial charge on any atom is -0.508 e. The number of rotatable bonds is 10. The lowest BCUT2D eigenvalue weighted by atomic mass is 10.1. The lowest BCUT2D eigenvalue weighted by molar-refractivity contribution is -0.156. The molecule has 1 N–H and O–H groups in total. The van der Waals surface area contributed by atoms with Crippen molar-refractivity contribution in [1.82, 2.24) is 0 Å². The lowest BCUT2D eigenvalue weighted by Crippen LogP contribution is -2.21. The van der Waals surface area contributed by atoms with Gasteiger partial charge in [0.15, 0.2) is 0 Å². The van der Waals surface area contributed by atoms with E-state index in [1.807, 2.05) is 0 Å². The molecule has 25 heavy (non-hydrogen) atoms. The van der Waals surface area contributed by atoms with Crippen LogP contribution < -0.4 is 0 Å². The summed E-state index contributed by atoms with van der Waals surface area (Å²) in [5, 5.41) is 9.17. The van der Waals surface area contributed by atoms with E-state index in [-0.39, 0.29) is 31.8 Å². The molecular weight excluding hydrogens is 328 g/mol. The molecule has 1 unspecified atom stereocenters. The topological polar surface area (TPSA) is 99.1 Å². The molecule has 0 fully saturated rings. The Kier molecular flexibility index (Phi) is 8.78. The normalized spacial score (nSPS) is 11.2. The zero-order valence-corrected chi connectivity index (χ0v) is 14.1. The van der Waals surface area contributed by atoms with Crippen LogP contribution in [0.3, 0.4) is 0 Å². The third-order valence-corrected chi connectivity index (χ3v) is 3.09. The number of carbonyl (C=O) groups is 3. The molecule has 0 aliphatic carbocycles. The molecule has 0 bridgehead atoms. The van der Waals surface area contributed by atoms with Gasteiger partial charge < -0.3 is 19.3 Å². The molecule has 0 aromatic heterocycles. The largest absolute Gasteiger partial charge is 0.508 e. The molecule has 136 valence electrons. The molecule has 0 saturated heterocycles. The summed E-state index contributed by atoms with van der Waals surface area (Å²) in [5.74, 6) is -1.49. The predicted octanol–water partition coefficient (Wildman–Crippen LogP) is 1.92. The molecule has 0 radical (unpaired) electrons. The number of ether oxygens (including phenoxy) is 3. The molecule has 0 saturated carbocycles. The predicted molar refractivity (Wildman–Crippen MR) is 88.7 cm³/mol. The zero-order valence-electron chi connectivity index (χ0n) is 14.1. The summed E-state index contributed by atoms with van der Waals surface area (Å²) >= 11 is 0. The maximum Gasteiger partial charge on any atom is 0.330 e. The number of benzene rings is 1. The van der Waals surface area contributed by atoms with Crippen molar-refractivity contribution < 1.29 is 33.7 Å². The third-order valence-electron chi connectivity index (χ3n) is 3.09. The first-order chi connectivity index (χ1) is 11.9. The quantitative estimate of drug-likeness (QED) is 0.391. The molecule has 0 heterocycles. The number of phenols is 1. The molecule has 0 aliphatic rings. The van der Waals surface area contributed by atoms with Crippen molar-refractivity contribution in [3.8, 4) is 5.75 Å². The standard InChI is InChI=1S/C18H22O7/c1-3-16(20)25-13(2)12-24-18(22)9-8-17(21)23-11-10-14-4-6-15(19)7-5-14/h3-7,13,19H,1,8-12H2,2H3.